The minimum Gasteiger partial charge on any atom is -0.390 e. The first-order valence-electron chi connectivity index (χ1n) is 4.31. The number of allylic oxidation sites excluding steroid dienone is 2. The van der Waals surface area contributed by atoms with E-state index in [0.717, 1.165) is 3.58 Å². The van der Waals surface area contributed by atoms with E-state index >= 15 is 0 Å². The van der Waals surface area contributed by atoms with Crippen LogP contribution in [0, 0.1) is 0 Å². The highest BCUT2D eigenvalue weighted by atomic mass is 127. The van der Waals surface area contributed by atoms with Crippen LogP contribution in [0.5, 0.6) is 0 Å². The van der Waals surface area contributed by atoms with Crippen molar-refractivity contribution >= 4 is 64.0 Å². The predicted octanol–water partition coefficient (Wildman–Crippen LogP) is 1.44. The van der Waals surface area contributed by atoms with Crippen molar-refractivity contribution in [1.82, 2.24) is 5.32 Å². The lowest BCUT2D eigenvalue weighted by Gasteiger charge is -1.98. The number of hydrogen-bond donors (Lipinski definition) is 2. The summed E-state index contributed by atoms with van der Waals surface area (Å²) in [6.45, 7) is 3.70. The second kappa shape index (κ2) is 8.67. The van der Waals surface area contributed by atoms with Crippen LogP contribution in [0.2, 0.25) is 0 Å². The summed E-state index contributed by atoms with van der Waals surface area (Å²) in [5.74, 6) is 0.695. The smallest absolute Gasteiger partial charge is 0.355 e. The molecule has 0 aromatic heterocycles. The number of nitrogens with zero attached hydrogens (tertiary/aromatic N) is 3. The van der Waals surface area contributed by atoms with Gasteiger partial charge >= 0.3 is 5.84 Å². The molecular formula is C9H14I2N5+. The van der Waals surface area contributed by atoms with E-state index in [1.807, 2.05) is 9.84 Å². The standard InChI is InChI=1S/C9H13I2N5/c1-4-7(10)8(14-5-12)9(16(3)11)15-6-13-2/h4-6H,1H2,2-3H3,(H2,12,14)/p+1/b8-7+. The van der Waals surface area contributed by atoms with E-state index in [2.05, 4.69) is 67.3 Å². The van der Waals surface area contributed by atoms with Crippen LogP contribution >= 0.6 is 45.5 Å². The van der Waals surface area contributed by atoms with E-state index in [1.165, 1.54) is 6.34 Å². The molecule has 88 valence electrons. The number of amidine groups is 1. The highest BCUT2D eigenvalue weighted by molar-refractivity contribution is 14.1. The van der Waals surface area contributed by atoms with Crippen molar-refractivity contribution in [3.05, 3.63) is 21.9 Å². The molecule has 3 N–H and O–H groups in total. The molecule has 0 rings (SSSR count). The van der Waals surface area contributed by atoms with Crippen LogP contribution in [0.4, 0.5) is 0 Å². The molecule has 0 aliphatic carbocycles. The number of hydrogen-bond acceptors (Lipinski definition) is 1. The van der Waals surface area contributed by atoms with Crippen molar-refractivity contribution < 1.29 is 2.79 Å². The molecule has 0 aliphatic rings. The molecule has 16 heavy (non-hydrogen) atoms. The van der Waals surface area contributed by atoms with Gasteiger partial charge in [0.25, 0.3) is 0 Å². The van der Waals surface area contributed by atoms with E-state index in [0.29, 0.717) is 11.5 Å². The van der Waals surface area contributed by atoms with Crippen molar-refractivity contribution in [3.8, 4) is 0 Å². The van der Waals surface area contributed by atoms with Gasteiger partial charge in [0.05, 0.1) is 13.4 Å². The summed E-state index contributed by atoms with van der Waals surface area (Å²) in [7, 11) is 3.66. The van der Waals surface area contributed by atoms with Crippen molar-refractivity contribution in [1.29, 1.82) is 0 Å². The number of aliphatic imine (C=N–C) groups is 2. The van der Waals surface area contributed by atoms with Crippen LogP contribution in [-0.4, -0.2) is 35.4 Å². The van der Waals surface area contributed by atoms with Gasteiger partial charge in [0.2, 0.25) is 29.2 Å². The fraction of sp³-hybridized carbons (Fsp3) is 0.222. The zero-order chi connectivity index (χ0) is 12.6. The molecule has 0 aliphatic heterocycles. The molecule has 0 aromatic rings. The van der Waals surface area contributed by atoms with Gasteiger partial charge in [-0.3, -0.25) is 0 Å². The Kier molecular flexibility index (Phi) is 8.43. The number of rotatable bonds is 4. The largest absolute Gasteiger partial charge is 0.390 e. The van der Waals surface area contributed by atoms with Gasteiger partial charge in [-0.15, -0.1) is 0 Å². The van der Waals surface area contributed by atoms with Gasteiger partial charge in [-0.1, -0.05) is 12.7 Å². The van der Waals surface area contributed by atoms with E-state index < -0.39 is 0 Å². The van der Waals surface area contributed by atoms with Gasteiger partial charge in [0, 0.05) is 10.6 Å². The van der Waals surface area contributed by atoms with Crippen LogP contribution < -0.4 is 11.1 Å². The summed E-state index contributed by atoms with van der Waals surface area (Å²) in [5, 5.41) is 2.83. The highest BCUT2D eigenvalue weighted by Crippen LogP contribution is 2.17. The fourth-order valence-corrected chi connectivity index (χ4v) is 1.54. The van der Waals surface area contributed by atoms with Crippen LogP contribution in [0.25, 0.3) is 0 Å². The maximum absolute atomic E-state index is 5.32. The van der Waals surface area contributed by atoms with Crippen molar-refractivity contribution in [2.24, 2.45) is 15.7 Å². The van der Waals surface area contributed by atoms with Gasteiger partial charge in [0.15, 0.2) is 5.70 Å². The van der Waals surface area contributed by atoms with E-state index in [9.17, 15) is 0 Å². The van der Waals surface area contributed by atoms with E-state index in [4.69, 9.17) is 5.73 Å². The van der Waals surface area contributed by atoms with Gasteiger partial charge in [-0.2, -0.15) is 2.79 Å². The zero-order valence-electron chi connectivity index (χ0n) is 9.11. The number of halogens is 2. The van der Waals surface area contributed by atoms with Crippen LogP contribution in [-0.2, 0) is 0 Å². The molecule has 0 saturated heterocycles. The minimum atomic E-state index is 0.682. The fourth-order valence-electron chi connectivity index (χ4n) is 0.810. The summed E-state index contributed by atoms with van der Waals surface area (Å²) in [5.41, 5.74) is 6.01. The van der Waals surface area contributed by atoms with Gasteiger partial charge in [-0.25, -0.2) is 4.99 Å². The first-order chi connectivity index (χ1) is 7.58. The Morgan fingerprint density at radius 1 is 1.50 bits per heavy atom. The molecular weight excluding hydrogens is 432 g/mol. The summed E-state index contributed by atoms with van der Waals surface area (Å²) in [4.78, 5) is 8.35. The quantitative estimate of drug-likeness (QED) is 0.226. The Labute approximate surface area is 123 Å². The average molecular weight is 446 g/mol. The molecule has 0 fully saturated rings. The Morgan fingerprint density at radius 2 is 2.12 bits per heavy atom. The SMILES string of the molecule is C=C/C(I)=C(\N=C/N)C(/N=C\NC)=[N+](/C)I. The molecule has 5 nitrogen and oxygen atoms in total. The van der Waals surface area contributed by atoms with Gasteiger partial charge in [0.1, 0.15) is 0 Å². The molecule has 7 heteroatoms. The topological polar surface area (TPSA) is 65.8 Å². The number of nitrogens with two attached hydrogens (primary N) is 1. The normalized spacial score (nSPS) is 15.0. The molecule has 0 aromatic carbocycles. The van der Waals surface area contributed by atoms with Crippen LogP contribution in [0.3, 0.4) is 0 Å². The summed E-state index contributed by atoms with van der Waals surface area (Å²) in [6, 6.07) is 0. The van der Waals surface area contributed by atoms with E-state index in [-0.39, 0.29) is 0 Å². The molecule has 0 amide bonds. The third-order valence-electron chi connectivity index (χ3n) is 1.43. The third kappa shape index (κ3) is 5.05. The van der Waals surface area contributed by atoms with Crippen molar-refractivity contribution in [2.75, 3.05) is 14.1 Å². The summed E-state index contributed by atoms with van der Waals surface area (Å²) in [6.07, 6.45) is 4.54. The molecule has 0 heterocycles. The lowest BCUT2D eigenvalue weighted by atomic mass is 10.3. The minimum absolute atomic E-state index is 0.682. The zero-order valence-corrected chi connectivity index (χ0v) is 13.4. The van der Waals surface area contributed by atoms with Crippen molar-refractivity contribution in [3.63, 3.8) is 0 Å². The monoisotopic (exact) mass is 446 g/mol. The first kappa shape index (κ1) is 15.6. The van der Waals surface area contributed by atoms with Gasteiger partial charge in [-0.05, 0) is 27.6 Å². The highest BCUT2D eigenvalue weighted by Gasteiger charge is 2.18. The average Bonchev–Trinajstić information content (AvgIpc) is 2.26. The third-order valence-corrected chi connectivity index (χ3v) is 2.84. The van der Waals surface area contributed by atoms with Crippen LogP contribution in [0.1, 0.15) is 0 Å². The summed E-state index contributed by atoms with van der Waals surface area (Å²) < 4.78 is 2.71. The van der Waals surface area contributed by atoms with E-state index in [1.54, 1.807) is 19.5 Å². The Bertz CT molecular complexity index is 364. The second-order valence-electron chi connectivity index (χ2n) is 2.53. The molecule has 0 spiro atoms. The molecule has 0 bridgehead atoms. The molecule has 0 radical (unpaired) electrons. The lowest BCUT2D eigenvalue weighted by Crippen LogP contribution is -2.13. The Hall–Kier alpha value is -0.450. The lowest BCUT2D eigenvalue weighted by molar-refractivity contribution is -0.252. The maximum atomic E-state index is 5.32. The van der Waals surface area contributed by atoms with Crippen LogP contribution in [0.15, 0.2) is 31.9 Å². The summed E-state index contributed by atoms with van der Waals surface area (Å²) >= 11 is 4.26. The first-order valence-corrected chi connectivity index (χ1v) is 6.35. The maximum Gasteiger partial charge on any atom is 0.355 e. The molecule has 0 atom stereocenters. The predicted molar refractivity (Wildman–Crippen MR) is 86.7 cm³/mol. The Balaban J connectivity index is 5.57. The van der Waals surface area contributed by atoms with Gasteiger partial charge < -0.3 is 11.1 Å². The second-order valence-corrected chi connectivity index (χ2v) is 5.14. The molecule has 0 saturated carbocycles. The number of nitrogens with one attached hydrogen (secondary N) is 1. The molecule has 0 unspecified atom stereocenters. The van der Waals surface area contributed by atoms with Crippen molar-refractivity contribution in [2.45, 2.75) is 0 Å². The Morgan fingerprint density at radius 3 is 2.50 bits per heavy atom.